The number of nitrogens with zero attached hydrogens (tertiary/aromatic N) is 2. The van der Waals surface area contributed by atoms with Gasteiger partial charge in [-0.25, -0.2) is 4.98 Å². The van der Waals surface area contributed by atoms with Gasteiger partial charge in [-0.15, -0.1) is 11.3 Å². The van der Waals surface area contributed by atoms with Crippen LogP contribution in [0.3, 0.4) is 0 Å². The van der Waals surface area contributed by atoms with Crippen LogP contribution in [0.25, 0.3) is 0 Å². The predicted octanol–water partition coefficient (Wildman–Crippen LogP) is 2.92. The zero-order chi connectivity index (χ0) is 18.5. The molecule has 1 unspecified atom stereocenters. The quantitative estimate of drug-likeness (QED) is 0.818. The molecule has 2 N–H and O–H groups in total. The number of anilines is 1. The average molecular weight is 372 g/mol. The molecule has 1 aromatic heterocycles. The van der Waals surface area contributed by atoms with E-state index < -0.39 is 0 Å². The van der Waals surface area contributed by atoms with Crippen molar-refractivity contribution in [1.82, 2.24) is 15.2 Å². The molecule has 1 aliphatic rings. The third kappa shape index (κ3) is 4.47. The third-order valence-electron chi connectivity index (χ3n) is 4.78. The van der Waals surface area contributed by atoms with Gasteiger partial charge in [0.15, 0.2) is 5.13 Å². The zero-order valence-corrected chi connectivity index (χ0v) is 15.9. The lowest BCUT2D eigenvalue weighted by Gasteiger charge is -2.19. The lowest BCUT2D eigenvalue weighted by molar-refractivity contribution is 0.0944. The van der Waals surface area contributed by atoms with Crippen LogP contribution in [-0.2, 0) is 0 Å². The van der Waals surface area contributed by atoms with Crippen molar-refractivity contribution >= 4 is 28.3 Å². The number of thiazole rings is 1. The Kier molecular flexibility index (Phi) is 6.00. The van der Waals surface area contributed by atoms with Crippen LogP contribution >= 0.6 is 11.3 Å². The molecule has 1 saturated heterocycles. The van der Waals surface area contributed by atoms with Crippen LogP contribution in [0.5, 0.6) is 0 Å². The summed E-state index contributed by atoms with van der Waals surface area (Å²) < 4.78 is 0. The van der Waals surface area contributed by atoms with Crippen molar-refractivity contribution in [2.45, 2.75) is 32.2 Å². The van der Waals surface area contributed by atoms with Gasteiger partial charge in [0.05, 0.1) is 0 Å². The number of nitrogens with one attached hydrogen (secondary N) is 2. The molecule has 6 nitrogen and oxygen atoms in total. The number of likely N-dealkylation sites (tertiary alicyclic amines) is 1. The van der Waals surface area contributed by atoms with Crippen LogP contribution in [0.1, 0.15) is 45.7 Å². The van der Waals surface area contributed by atoms with Gasteiger partial charge in [-0.2, -0.15) is 0 Å². The summed E-state index contributed by atoms with van der Waals surface area (Å²) in [6, 6.07) is 7.92. The number of carbonyl (C=O) groups is 2. The van der Waals surface area contributed by atoms with Crippen LogP contribution in [0, 0.1) is 6.92 Å². The van der Waals surface area contributed by atoms with Gasteiger partial charge in [-0.1, -0.05) is 18.2 Å². The Morgan fingerprint density at radius 2 is 2.12 bits per heavy atom. The molecule has 3 rings (SSSR count). The van der Waals surface area contributed by atoms with Crippen LogP contribution in [0.4, 0.5) is 5.13 Å². The first-order valence-electron chi connectivity index (χ1n) is 8.85. The fraction of sp³-hybridized carbons (Fsp3) is 0.421. The molecular weight excluding hydrogens is 348 g/mol. The molecule has 7 heteroatoms. The van der Waals surface area contributed by atoms with Crippen molar-refractivity contribution in [2.24, 2.45) is 0 Å². The molecule has 1 atom stereocenters. The Hall–Kier alpha value is -2.25. The van der Waals surface area contributed by atoms with Crippen LogP contribution < -0.4 is 10.6 Å². The van der Waals surface area contributed by atoms with Crippen molar-refractivity contribution in [3.63, 3.8) is 0 Å². The number of aryl methyl sites for hydroxylation is 1. The number of aromatic nitrogens is 1. The van der Waals surface area contributed by atoms with E-state index in [0.29, 0.717) is 29.0 Å². The molecule has 26 heavy (non-hydrogen) atoms. The molecule has 0 radical (unpaired) electrons. The van der Waals surface area contributed by atoms with E-state index in [4.69, 9.17) is 0 Å². The molecule has 0 saturated carbocycles. The lowest BCUT2D eigenvalue weighted by Crippen LogP contribution is -2.31. The first-order chi connectivity index (χ1) is 12.5. The van der Waals surface area contributed by atoms with E-state index in [-0.39, 0.29) is 11.8 Å². The van der Waals surface area contributed by atoms with Gasteiger partial charge in [0.2, 0.25) is 0 Å². The first-order valence-corrected chi connectivity index (χ1v) is 9.73. The number of hydrogen-bond acceptors (Lipinski definition) is 5. The summed E-state index contributed by atoms with van der Waals surface area (Å²) in [5.41, 5.74) is 1.85. The SMILES string of the molecule is Cc1ccccc1C(=O)Nc1nc(C(=O)NCCC2CCCN2C)cs1. The highest BCUT2D eigenvalue weighted by atomic mass is 32.1. The summed E-state index contributed by atoms with van der Waals surface area (Å²) >= 11 is 1.25. The van der Waals surface area contributed by atoms with Crippen LogP contribution in [0.2, 0.25) is 0 Å². The fourth-order valence-electron chi connectivity index (χ4n) is 3.21. The molecule has 0 aliphatic carbocycles. The Balaban J connectivity index is 1.51. The van der Waals surface area contributed by atoms with Gasteiger partial charge in [0.1, 0.15) is 5.69 Å². The molecular formula is C19H24N4O2S. The number of carbonyl (C=O) groups excluding carboxylic acids is 2. The van der Waals surface area contributed by atoms with Gasteiger partial charge in [0.25, 0.3) is 11.8 Å². The highest BCUT2D eigenvalue weighted by Crippen LogP contribution is 2.19. The van der Waals surface area contributed by atoms with Crippen LogP contribution in [0.15, 0.2) is 29.6 Å². The number of rotatable bonds is 6. The summed E-state index contributed by atoms with van der Waals surface area (Å²) in [6.45, 7) is 3.66. The van der Waals surface area contributed by atoms with Crippen LogP contribution in [-0.4, -0.2) is 47.9 Å². The maximum absolute atomic E-state index is 12.3. The van der Waals surface area contributed by atoms with Gasteiger partial charge in [-0.3, -0.25) is 14.9 Å². The monoisotopic (exact) mass is 372 g/mol. The van der Waals surface area contributed by atoms with Crippen molar-refractivity contribution in [3.8, 4) is 0 Å². The minimum atomic E-state index is -0.214. The largest absolute Gasteiger partial charge is 0.351 e. The first kappa shape index (κ1) is 18.5. The second-order valence-corrected chi connectivity index (χ2v) is 7.49. The van der Waals surface area contributed by atoms with E-state index in [1.165, 1.54) is 24.2 Å². The van der Waals surface area contributed by atoms with E-state index in [0.717, 1.165) is 18.5 Å². The predicted molar refractivity (Wildman–Crippen MR) is 104 cm³/mol. The summed E-state index contributed by atoms with van der Waals surface area (Å²) in [7, 11) is 2.13. The number of amides is 2. The van der Waals surface area contributed by atoms with Crippen molar-refractivity contribution < 1.29 is 9.59 Å². The molecule has 1 fully saturated rings. The summed E-state index contributed by atoms with van der Waals surface area (Å²) in [5.74, 6) is -0.410. The fourth-order valence-corrected chi connectivity index (χ4v) is 3.90. The molecule has 0 bridgehead atoms. The highest BCUT2D eigenvalue weighted by Gasteiger charge is 2.21. The maximum atomic E-state index is 12.3. The van der Waals surface area contributed by atoms with Gasteiger partial charge >= 0.3 is 0 Å². The Morgan fingerprint density at radius 1 is 1.31 bits per heavy atom. The van der Waals surface area contributed by atoms with E-state index in [2.05, 4.69) is 27.6 Å². The summed E-state index contributed by atoms with van der Waals surface area (Å²) in [5, 5.41) is 7.78. The van der Waals surface area contributed by atoms with Gasteiger partial charge < -0.3 is 10.2 Å². The zero-order valence-electron chi connectivity index (χ0n) is 15.1. The second-order valence-electron chi connectivity index (χ2n) is 6.63. The van der Waals surface area contributed by atoms with E-state index in [1.807, 2.05) is 25.1 Å². The van der Waals surface area contributed by atoms with Gasteiger partial charge in [-0.05, 0) is 51.4 Å². The second kappa shape index (κ2) is 8.42. The minimum absolute atomic E-state index is 0.196. The molecule has 138 valence electrons. The number of hydrogen-bond donors (Lipinski definition) is 2. The molecule has 0 spiro atoms. The number of benzene rings is 1. The lowest BCUT2D eigenvalue weighted by atomic mass is 10.1. The van der Waals surface area contributed by atoms with E-state index >= 15 is 0 Å². The molecule has 2 heterocycles. The van der Waals surface area contributed by atoms with E-state index in [9.17, 15) is 9.59 Å². The highest BCUT2D eigenvalue weighted by molar-refractivity contribution is 7.14. The molecule has 2 amide bonds. The summed E-state index contributed by atoms with van der Waals surface area (Å²) in [6.07, 6.45) is 3.37. The molecule has 1 aromatic carbocycles. The van der Waals surface area contributed by atoms with E-state index in [1.54, 1.807) is 11.4 Å². The minimum Gasteiger partial charge on any atom is -0.351 e. The Morgan fingerprint density at radius 3 is 2.85 bits per heavy atom. The Bertz CT molecular complexity index is 789. The topological polar surface area (TPSA) is 74.3 Å². The average Bonchev–Trinajstić information content (AvgIpc) is 3.24. The maximum Gasteiger partial charge on any atom is 0.270 e. The standard InChI is InChI=1S/C19H24N4O2S/c1-13-6-3-4-8-15(13)17(24)22-19-21-16(12-26-19)18(25)20-10-9-14-7-5-11-23(14)2/h3-4,6,8,12,14H,5,7,9-11H2,1-2H3,(H,20,25)(H,21,22,24). The van der Waals surface area contributed by atoms with Gasteiger partial charge in [0, 0.05) is 23.5 Å². The third-order valence-corrected chi connectivity index (χ3v) is 5.54. The van der Waals surface area contributed by atoms with Crippen molar-refractivity contribution in [1.29, 1.82) is 0 Å². The summed E-state index contributed by atoms with van der Waals surface area (Å²) in [4.78, 5) is 31.1. The normalized spacial score (nSPS) is 17.2. The molecule has 2 aromatic rings. The molecule has 1 aliphatic heterocycles. The smallest absolute Gasteiger partial charge is 0.270 e. The Labute approximate surface area is 157 Å². The van der Waals surface area contributed by atoms with Crippen molar-refractivity contribution in [3.05, 3.63) is 46.5 Å². The van der Waals surface area contributed by atoms with Crippen molar-refractivity contribution in [2.75, 3.05) is 25.5 Å².